The molecule has 6 heavy (non-hydrogen) atoms. The average molecular weight is 144 g/mol. The Bertz CT molecular complexity index is 74.5. The van der Waals surface area contributed by atoms with Crippen LogP contribution in [0.25, 0.3) is 0 Å². The molecule has 2 heteroatoms. The van der Waals surface area contributed by atoms with E-state index >= 15 is 0 Å². The molecule has 0 unspecified atom stereocenters. The Balaban J connectivity index is 3.55. The van der Waals surface area contributed by atoms with Crippen LogP contribution < -0.4 is 0 Å². The Labute approximate surface area is 46.1 Å². The molecule has 0 saturated heterocycles. The summed E-state index contributed by atoms with van der Waals surface area (Å²) in [6.45, 7) is 9.74. The highest BCUT2D eigenvalue weighted by atomic mass is 79.9. The van der Waals surface area contributed by atoms with Crippen LogP contribution in [0.3, 0.4) is 0 Å². The number of hydrogen-bond donors (Lipinski definition) is 0. The number of nitriles is 1. The first-order valence-electron chi connectivity index (χ1n) is 1.24. The van der Waals surface area contributed by atoms with Gasteiger partial charge in [0.05, 0.1) is 6.07 Å². The number of halogens is 1. The Morgan fingerprint density at radius 2 is 1.83 bits per heavy atom. The lowest BCUT2D eigenvalue weighted by atomic mass is 10.3. The molecule has 0 aromatic heterocycles. The van der Waals surface area contributed by atoms with Crippen LogP contribution in [0.5, 0.6) is 0 Å². The fourth-order valence-corrected chi connectivity index (χ4v) is 0. The van der Waals surface area contributed by atoms with Crippen LogP contribution in [-0.4, -0.2) is 4.32 Å². The van der Waals surface area contributed by atoms with Gasteiger partial charge in [-0.2, -0.15) is 5.26 Å². The number of hydrogen-bond acceptors (Lipinski definition) is 1. The monoisotopic (exact) mass is 143 g/mol. The number of rotatable bonds is 0. The van der Waals surface area contributed by atoms with Gasteiger partial charge in [-0.3, -0.25) is 0 Å². The summed E-state index contributed by atoms with van der Waals surface area (Å²) in [5.74, 6) is 0. The van der Waals surface area contributed by atoms with Gasteiger partial charge in [-0.15, -0.1) is 0 Å². The molecule has 0 saturated carbocycles. The topological polar surface area (TPSA) is 23.8 Å². The third kappa shape index (κ3) is 3.97. The second-order valence-electron chi connectivity index (χ2n) is 0.880. The third-order valence-electron chi connectivity index (χ3n) is 0.171. The standard InChI is InChI=1S/C4H2BrN/c1-4(2,5)3-6/h1-2H. The molecule has 0 atom stereocenters. The quantitative estimate of drug-likeness (QED) is 0.466. The summed E-state index contributed by atoms with van der Waals surface area (Å²) >= 11 is 2.67. The van der Waals surface area contributed by atoms with Crippen LogP contribution in [0.1, 0.15) is 0 Å². The lowest BCUT2D eigenvalue weighted by Gasteiger charge is -1.96. The second kappa shape index (κ2) is 1.61. The van der Waals surface area contributed by atoms with Crippen molar-refractivity contribution in [2.24, 2.45) is 0 Å². The minimum absolute atomic E-state index is 1.34. The average Bonchev–Trinajstić information content (AvgIpc) is 1.35. The summed E-state index contributed by atoms with van der Waals surface area (Å²) < 4.78 is -1.34. The van der Waals surface area contributed by atoms with Crippen molar-refractivity contribution in [3.8, 4) is 6.07 Å². The largest absolute Gasteiger partial charge is 0.197 e. The van der Waals surface area contributed by atoms with Crippen molar-refractivity contribution < 1.29 is 0 Å². The highest BCUT2D eigenvalue weighted by Crippen LogP contribution is 2.10. The van der Waals surface area contributed by atoms with Gasteiger partial charge in [0.1, 0.15) is 4.32 Å². The molecular weight excluding hydrogens is 142 g/mol. The molecule has 4 radical (unpaired) electrons. The molecule has 0 aromatic carbocycles. The van der Waals surface area contributed by atoms with Crippen molar-refractivity contribution in [1.82, 2.24) is 0 Å². The first-order valence-corrected chi connectivity index (χ1v) is 2.03. The third-order valence-corrected chi connectivity index (χ3v) is 0.349. The molecule has 0 bridgehead atoms. The zero-order valence-electron chi connectivity index (χ0n) is 2.98. The maximum atomic E-state index is 7.86. The molecule has 0 heterocycles. The van der Waals surface area contributed by atoms with Crippen molar-refractivity contribution in [2.45, 2.75) is 4.32 Å². The highest BCUT2D eigenvalue weighted by molar-refractivity contribution is 9.10. The summed E-state index contributed by atoms with van der Waals surface area (Å²) in [5.41, 5.74) is 0. The summed E-state index contributed by atoms with van der Waals surface area (Å²) in [5, 5.41) is 7.86. The van der Waals surface area contributed by atoms with Gasteiger partial charge >= 0.3 is 0 Å². The van der Waals surface area contributed by atoms with E-state index in [9.17, 15) is 0 Å². The fraction of sp³-hybridized carbons (Fsp3) is 0.250. The zero-order chi connectivity index (χ0) is 5.21. The molecule has 0 rings (SSSR count). The van der Waals surface area contributed by atoms with Gasteiger partial charge < -0.3 is 0 Å². The molecule has 0 aromatic rings. The van der Waals surface area contributed by atoms with Gasteiger partial charge in [0.2, 0.25) is 0 Å². The maximum Gasteiger partial charge on any atom is 0.119 e. The molecule has 0 aliphatic heterocycles. The van der Waals surface area contributed by atoms with Gasteiger partial charge in [0, 0.05) is 0 Å². The molecule has 0 aliphatic rings. The SMILES string of the molecule is [CH]C([CH])(Br)C#N. The van der Waals surface area contributed by atoms with E-state index in [4.69, 9.17) is 19.1 Å². The smallest absolute Gasteiger partial charge is 0.119 e. The molecule has 1 nitrogen and oxygen atoms in total. The van der Waals surface area contributed by atoms with Crippen LogP contribution in [0, 0.1) is 25.2 Å². The van der Waals surface area contributed by atoms with Crippen LogP contribution >= 0.6 is 15.9 Å². The number of alkyl halides is 1. The van der Waals surface area contributed by atoms with Crippen LogP contribution in [0.2, 0.25) is 0 Å². The first kappa shape index (κ1) is 5.97. The van der Waals surface area contributed by atoms with E-state index in [0.29, 0.717) is 0 Å². The van der Waals surface area contributed by atoms with E-state index in [1.165, 1.54) is 0 Å². The molecule has 30 valence electrons. The van der Waals surface area contributed by atoms with Gasteiger partial charge in [0.15, 0.2) is 0 Å². The van der Waals surface area contributed by atoms with Crippen molar-refractivity contribution >= 4 is 15.9 Å². The molecule has 0 N–H and O–H groups in total. The van der Waals surface area contributed by atoms with Gasteiger partial charge in [-0.05, 0) is 13.8 Å². The maximum absolute atomic E-state index is 7.86. The fourth-order valence-electron chi connectivity index (χ4n) is 0. The molecule has 0 spiro atoms. The Morgan fingerprint density at radius 1 is 1.67 bits per heavy atom. The van der Waals surface area contributed by atoms with Gasteiger partial charge in [0.25, 0.3) is 0 Å². The van der Waals surface area contributed by atoms with E-state index < -0.39 is 4.32 Å². The highest BCUT2D eigenvalue weighted by Gasteiger charge is 2.08. The van der Waals surface area contributed by atoms with Gasteiger partial charge in [-0.1, -0.05) is 15.9 Å². The van der Waals surface area contributed by atoms with Crippen LogP contribution in [0.15, 0.2) is 0 Å². The minimum atomic E-state index is -1.34. The van der Waals surface area contributed by atoms with Crippen molar-refractivity contribution in [3.63, 3.8) is 0 Å². The molecular formula is C4H2BrN. The van der Waals surface area contributed by atoms with E-state index in [1.54, 1.807) is 6.07 Å². The summed E-state index contributed by atoms with van der Waals surface area (Å²) in [4.78, 5) is 0. The normalized spacial score (nSPS) is 10.3. The number of nitrogens with zero attached hydrogens (tertiary/aromatic N) is 1. The summed E-state index contributed by atoms with van der Waals surface area (Å²) in [7, 11) is 0. The van der Waals surface area contributed by atoms with E-state index in [0.717, 1.165) is 0 Å². The van der Waals surface area contributed by atoms with E-state index in [-0.39, 0.29) is 0 Å². The van der Waals surface area contributed by atoms with Crippen molar-refractivity contribution in [2.75, 3.05) is 0 Å². The van der Waals surface area contributed by atoms with E-state index in [1.807, 2.05) is 0 Å². The lowest BCUT2D eigenvalue weighted by Crippen LogP contribution is -2.03. The molecule has 0 aliphatic carbocycles. The predicted octanol–water partition coefficient (Wildman–Crippen LogP) is 1.07. The Kier molecular flexibility index (Phi) is 1.60. The Hall–Kier alpha value is -0.0300. The lowest BCUT2D eigenvalue weighted by molar-refractivity contribution is 1.17. The zero-order valence-corrected chi connectivity index (χ0v) is 4.57. The van der Waals surface area contributed by atoms with Crippen molar-refractivity contribution in [3.05, 3.63) is 13.8 Å². The molecule has 0 amide bonds. The minimum Gasteiger partial charge on any atom is -0.197 e. The Morgan fingerprint density at radius 3 is 1.83 bits per heavy atom. The van der Waals surface area contributed by atoms with Crippen LogP contribution in [-0.2, 0) is 0 Å². The van der Waals surface area contributed by atoms with Crippen LogP contribution in [0.4, 0.5) is 0 Å². The first-order chi connectivity index (χ1) is 2.56. The molecule has 0 fully saturated rings. The summed E-state index contributed by atoms with van der Waals surface area (Å²) in [6.07, 6.45) is 0. The van der Waals surface area contributed by atoms with E-state index in [2.05, 4.69) is 15.9 Å². The van der Waals surface area contributed by atoms with Crippen molar-refractivity contribution in [1.29, 1.82) is 5.26 Å². The van der Waals surface area contributed by atoms with Gasteiger partial charge in [-0.25, -0.2) is 0 Å². The second-order valence-corrected chi connectivity index (χ2v) is 2.19. The predicted molar refractivity (Wildman–Crippen MR) is 25.9 cm³/mol. The summed E-state index contributed by atoms with van der Waals surface area (Å²) in [6, 6.07) is 1.58.